The molecule has 0 aromatic carbocycles. The molecule has 2 rings (SSSR count). The first-order chi connectivity index (χ1) is 8.70. The van der Waals surface area contributed by atoms with Crippen LogP contribution in [0.4, 0.5) is 0 Å². The van der Waals surface area contributed by atoms with Crippen LogP contribution in [0.15, 0.2) is 16.7 Å². The molecule has 2 heterocycles. The molecule has 0 bridgehead atoms. The van der Waals surface area contributed by atoms with Crippen LogP contribution in [0, 0.1) is 5.92 Å². The Hall–Kier alpha value is -0.800. The maximum atomic E-state index is 5.67. The molecule has 1 fully saturated rings. The van der Waals surface area contributed by atoms with Gasteiger partial charge in [-0.15, -0.1) is 0 Å². The second-order valence-electron chi connectivity index (χ2n) is 5.61. The van der Waals surface area contributed by atoms with Crippen molar-refractivity contribution < 1.29 is 4.42 Å². The van der Waals surface area contributed by atoms with Crippen molar-refractivity contribution in [3.8, 4) is 0 Å². The van der Waals surface area contributed by atoms with Crippen LogP contribution in [-0.4, -0.2) is 24.0 Å². The lowest BCUT2D eigenvalue weighted by atomic mass is 9.95. The summed E-state index contributed by atoms with van der Waals surface area (Å²) in [5.41, 5.74) is 1.31. The third-order valence-corrected chi connectivity index (χ3v) is 4.00. The molecule has 0 aliphatic carbocycles. The van der Waals surface area contributed by atoms with Crippen LogP contribution in [0.3, 0.4) is 0 Å². The van der Waals surface area contributed by atoms with Crippen LogP contribution in [0.5, 0.6) is 0 Å². The normalized spacial score (nSPS) is 25.5. The minimum atomic E-state index is 0.679. The zero-order chi connectivity index (χ0) is 13.0. The van der Waals surface area contributed by atoms with Gasteiger partial charge in [-0.3, -0.25) is 4.90 Å². The smallest absolute Gasteiger partial charge is 0.122 e. The Labute approximate surface area is 111 Å². The van der Waals surface area contributed by atoms with Gasteiger partial charge in [0.2, 0.25) is 0 Å². The number of likely N-dealkylation sites (tertiary alicyclic amines) is 1. The fraction of sp³-hybridized carbons (Fsp3) is 0.733. The summed E-state index contributed by atoms with van der Waals surface area (Å²) in [6.07, 6.45) is 4.49. The van der Waals surface area contributed by atoms with Gasteiger partial charge in [-0.1, -0.05) is 13.8 Å². The highest BCUT2D eigenvalue weighted by molar-refractivity contribution is 5.17. The van der Waals surface area contributed by atoms with Gasteiger partial charge in [0.1, 0.15) is 5.76 Å². The van der Waals surface area contributed by atoms with Crippen LogP contribution in [0.1, 0.15) is 44.9 Å². The van der Waals surface area contributed by atoms with E-state index in [9.17, 15) is 0 Å². The predicted molar refractivity (Wildman–Crippen MR) is 74.4 cm³/mol. The van der Waals surface area contributed by atoms with Crippen molar-refractivity contribution in [1.82, 2.24) is 10.2 Å². The first-order valence-corrected chi connectivity index (χ1v) is 7.20. The number of nitrogens with zero attached hydrogens (tertiary/aromatic N) is 1. The highest BCUT2D eigenvalue weighted by Gasteiger charge is 2.24. The lowest BCUT2D eigenvalue weighted by Gasteiger charge is -2.36. The SMILES string of the molecule is CCNCc1ccoc1CN1CC(C)CCC1C. The Morgan fingerprint density at radius 2 is 2.22 bits per heavy atom. The van der Waals surface area contributed by atoms with Crippen molar-refractivity contribution in [3.05, 3.63) is 23.7 Å². The van der Waals surface area contributed by atoms with Gasteiger partial charge in [0, 0.05) is 24.7 Å². The zero-order valence-corrected chi connectivity index (χ0v) is 11.9. The van der Waals surface area contributed by atoms with E-state index in [1.807, 2.05) is 6.26 Å². The molecule has 3 heteroatoms. The summed E-state index contributed by atoms with van der Waals surface area (Å²) in [4.78, 5) is 2.56. The van der Waals surface area contributed by atoms with E-state index in [0.29, 0.717) is 6.04 Å². The Morgan fingerprint density at radius 1 is 1.39 bits per heavy atom. The van der Waals surface area contributed by atoms with Gasteiger partial charge in [0.15, 0.2) is 0 Å². The van der Waals surface area contributed by atoms with Crippen LogP contribution in [0.25, 0.3) is 0 Å². The Balaban J connectivity index is 1.97. The van der Waals surface area contributed by atoms with Gasteiger partial charge in [0.25, 0.3) is 0 Å². The molecular formula is C15H26N2O. The lowest BCUT2D eigenvalue weighted by Crippen LogP contribution is -2.40. The van der Waals surface area contributed by atoms with Gasteiger partial charge < -0.3 is 9.73 Å². The first-order valence-electron chi connectivity index (χ1n) is 7.20. The average Bonchev–Trinajstić information content (AvgIpc) is 2.79. The highest BCUT2D eigenvalue weighted by Crippen LogP contribution is 2.24. The quantitative estimate of drug-likeness (QED) is 0.871. The van der Waals surface area contributed by atoms with Crippen molar-refractivity contribution in [1.29, 1.82) is 0 Å². The summed E-state index contributed by atoms with van der Waals surface area (Å²) < 4.78 is 5.67. The molecule has 18 heavy (non-hydrogen) atoms. The molecule has 102 valence electrons. The van der Waals surface area contributed by atoms with Crippen molar-refractivity contribution in [2.75, 3.05) is 13.1 Å². The number of hydrogen-bond acceptors (Lipinski definition) is 3. The fourth-order valence-electron chi connectivity index (χ4n) is 2.71. The van der Waals surface area contributed by atoms with Crippen molar-refractivity contribution in [3.63, 3.8) is 0 Å². The number of furan rings is 1. The molecule has 1 aromatic rings. The summed E-state index contributed by atoms with van der Waals surface area (Å²) >= 11 is 0. The first kappa shape index (κ1) is 13.6. The second-order valence-corrected chi connectivity index (χ2v) is 5.61. The summed E-state index contributed by atoms with van der Waals surface area (Å²) in [7, 11) is 0. The second kappa shape index (κ2) is 6.39. The van der Waals surface area contributed by atoms with E-state index in [0.717, 1.165) is 31.3 Å². The minimum Gasteiger partial charge on any atom is -0.468 e. The molecule has 1 aromatic heterocycles. The molecule has 2 atom stereocenters. The molecular weight excluding hydrogens is 224 g/mol. The van der Waals surface area contributed by atoms with Gasteiger partial charge in [-0.25, -0.2) is 0 Å². The van der Waals surface area contributed by atoms with E-state index >= 15 is 0 Å². The summed E-state index contributed by atoms with van der Waals surface area (Å²) in [6, 6.07) is 2.77. The topological polar surface area (TPSA) is 28.4 Å². The maximum Gasteiger partial charge on any atom is 0.122 e. The van der Waals surface area contributed by atoms with Crippen LogP contribution in [-0.2, 0) is 13.1 Å². The molecule has 0 radical (unpaired) electrons. The van der Waals surface area contributed by atoms with Gasteiger partial charge in [-0.2, -0.15) is 0 Å². The number of nitrogens with one attached hydrogen (secondary N) is 1. The number of piperidine rings is 1. The number of hydrogen-bond donors (Lipinski definition) is 1. The molecule has 0 spiro atoms. The Bertz CT molecular complexity index is 361. The average molecular weight is 250 g/mol. The molecule has 1 aliphatic heterocycles. The van der Waals surface area contributed by atoms with E-state index in [2.05, 4.69) is 37.1 Å². The van der Waals surface area contributed by atoms with Crippen LogP contribution in [0.2, 0.25) is 0 Å². The number of rotatable bonds is 5. The van der Waals surface area contributed by atoms with E-state index in [4.69, 9.17) is 4.42 Å². The van der Waals surface area contributed by atoms with Crippen molar-refractivity contribution in [2.24, 2.45) is 5.92 Å². The van der Waals surface area contributed by atoms with E-state index in [1.54, 1.807) is 0 Å². The summed E-state index contributed by atoms with van der Waals surface area (Å²) in [5.74, 6) is 1.95. The molecule has 1 saturated heterocycles. The minimum absolute atomic E-state index is 0.679. The standard InChI is InChI=1S/C15H26N2O/c1-4-16-9-14-7-8-18-15(14)11-17-10-12(2)5-6-13(17)3/h7-8,12-13,16H,4-6,9-11H2,1-3H3. The fourth-order valence-corrected chi connectivity index (χ4v) is 2.71. The third kappa shape index (κ3) is 3.36. The van der Waals surface area contributed by atoms with Gasteiger partial charge >= 0.3 is 0 Å². The molecule has 2 unspecified atom stereocenters. The molecule has 3 nitrogen and oxygen atoms in total. The van der Waals surface area contributed by atoms with E-state index in [1.165, 1.54) is 24.9 Å². The molecule has 0 amide bonds. The summed E-state index contributed by atoms with van der Waals surface area (Å²) in [5, 5.41) is 3.37. The zero-order valence-electron chi connectivity index (χ0n) is 11.9. The maximum absolute atomic E-state index is 5.67. The lowest BCUT2D eigenvalue weighted by molar-refractivity contribution is 0.108. The van der Waals surface area contributed by atoms with Crippen LogP contribution < -0.4 is 5.32 Å². The van der Waals surface area contributed by atoms with Gasteiger partial charge in [0.05, 0.1) is 12.8 Å². The van der Waals surface area contributed by atoms with Crippen molar-refractivity contribution >= 4 is 0 Å². The molecule has 0 saturated carbocycles. The van der Waals surface area contributed by atoms with E-state index in [-0.39, 0.29) is 0 Å². The predicted octanol–water partition coefficient (Wildman–Crippen LogP) is 3.01. The highest BCUT2D eigenvalue weighted by atomic mass is 16.3. The van der Waals surface area contributed by atoms with E-state index < -0.39 is 0 Å². The summed E-state index contributed by atoms with van der Waals surface area (Å²) in [6.45, 7) is 10.9. The molecule has 1 aliphatic rings. The molecule has 1 N–H and O–H groups in total. The Morgan fingerprint density at radius 3 is 3.00 bits per heavy atom. The van der Waals surface area contributed by atoms with Crippen LogP contribution >= 0.6 is 0 Å². The van der Waals surface area contributed by atoms with Gasteiger partial charge in [-0.05, 0) is 38.3 Å². The largest absolute Gasteiger partial charge is 0.468 e. The third-order valence-electron chi connectivity index (χ3n) is 4.00. The Kier molecular flexibility index (Phi) is 4.84. The monoisotopic (exact) mass is 250 g/mol. The van der Waals surface area contributed by atoms with Crippen molar-refractivity contribution in [2.45, 2.75) is 52.7 Å².